The van der Waals surface area contributed by atoms with Crippen LogP contribution in [0.3, 0.4) is 0 Å². The molecule has 6 nitrogen and oxygen atoms in total. The van der Waals surface area contributed by atoms with Gasteiger partial charge >= 0.3 is 0 Å². The minimum Gasteiger partial charge on any atom is -0.354 e. The summed E-state index contributed by atoms with van der Waals surface area (Å²) in [5, 5.41) is 11.6. The van der Waals surface area contributed by atoms with E-state index in [1.54, 1.807) is 0 Å². The largest absolute Gasteiger partial charge is 0.354 e. The van der Waals surface area contributed by atoms with Crippen molar-refractivity contribution in [3.05, 3.63) is 17.0 Å². The molecular formula is C18H32N6. The molecule has 2 aliphatic rings. The van der Waals surface area contributed by atoms with Crippen LogP contribution in [0, 0.1) is 13.8 Å². The molecule has 134 valence electrons. The molecule has 3 rings (SSSR count). The minimum absolute atomic E-state index is 0.527. The van der Waals surface area contributed by atoms with Crippen molar-refractivity contribution in [1.29, 1.82) is 0 Å². The van der Waals surface area contributed by atoms with Gasteiger partial charge in [-0.1, -0.05) is 6.42 Å². The molecule has 2 N–H and O–H groups in total. The first kappa shape index (κ1) is 17.3. The topological polar surface area (TPSA) is 57.5 Å². The van der Waals surface area contributed by atoms with Crippen molar-refractivity contribution < 1.29 is 0 Å². The summed E-state index contributed by atoms with van der Waals surface area (Å²) < 4.78 is 1.95. The van der Waals surface area contributed by atoms with Crippen LogP contribution in [-0.2, 0) is 13.6 Å². The van der Waals surface area contributed by atoms with Crippen LogP contribution in [0.15, 0.2) is 4.99 Å². The molecule has 24 heavy (non-hydrogen) atoms. The van der Waals surface area contributed by atoms with Gasteiger partial charge in [-0.2, -0.15) is 5.10 Å². The van der Waals surface area contributed by atoms with Gasteiger partial charge in [0.25, 0.3) is 0 Å². The van der Waals surface area contributed by atoms with Crippen LogP contribution >= 0.6 is 0 Å². The Bertz CT molecular complexity index is 591. The van der Waals surface area contributed by atoms with E-state index in [2.05, 4.69) is 46.5 Å². The standard InChI is InChI=1S/C18H32N6/c1-12-17(13(2)24(5)22-12)11-20-18(19-3)21-14-9-15-7-6-8-16(10-14)23(15)4/h14-16H,6-11H2,1-5H3,(H2,19,20,21). The van der Waals surface area contributed by atoms with Crippen LogP contribution in [0.4, 0.5) is 0 Å². The quantitative estimate of drug-likeness (QED) is 0.654. The maximum absolute atomic E-state index is 4.49. The van der Waals surface area contributed by atoms with E-state index >= 15 is 0 Å². The van der Waals surface area contributed by atoms with E-state index in [0.29, 0.717) is 6.04 Å². The number of hydrogen-bond acceptors (Lipinski definition) is 3. The lowest BCUT2D eigenvalue weighted by Crippen LogP contribution is -2.56. The van der Waals surface area contributed by atoms with Crippen molar-refractivity contribution in [3.63, 3.8) is 0 Å². The van der Waals surface area contributed by atoms with Gasteiger partial charge in [-0.3, -0.25) is 9.67 Å². The Labute approximate surface area is 145 Å². The van der Waals surface area contributed by atoms with Crippen LogP contribution in [0.2, 0.25) is 0 Å². The molecule has 0 aliphatic carbocycles. The Hall–Kier alpha value is -1.56. The first-order valence-electron chi connectivity index (χ1n) is 9.17. The molecule has 2 atom stereocenters. The number of aromatic nitrogens is 2. The second-order valence-electron chi connectivity index (χ2n) is 7.42. The van der Waals surface area contributed by atoms with Crippen LogP contribution in [-0.4, -0.2) is 52.9 Å². The Morgan fingerprint density at radius 2 is 1.88 bits per heavy atom. The third-order valence-electron chi connectivity index (χ3n) is 6.00. The lowest BCUT2D eigenvalue weighted by molar-refractivity contribution is 0.0526. The van der Waals surface area contributed by atoms with Gasteiger partial charge in [0, 0.05) is 50.0 Å². The van der Waals surface area contributed by atoms with Gasteiger partial charge in [0.1, 0.15) is 0 Å². The highest BCUT2D eigenvalue weighted by Crippen LogP contribution is 2.32. The monoisotopic (exact) mass is 332 g/mol. The van der Waals surface area contributed by atoms with E-state index in [9.17, 15) is 0 Å². The molecule has 0 radical (unpaired) electrons. The van der Waals surface area contributed by atoms with E-state index in [-0.39, 0.29) is 0 Å². The molecule has 2 aliphatic heterocycles. The Balaban J connectivity index is 1.57. The number of rotatable bonds is 3. The molecule has 1 aromatic rings. The number of guanidine groups is 1. The predicted octanol–water partition coefficient (Wildman–Crippen LogP) is 1.72. The van der Waals surface area contributed by atoms with Gasteiger partial charge in [-0.15, -0.1) is 0 Å². The molecule has 6 heteroatoms. The Morgan fingerprint density at radius 1 is 1.21 bits per heavy atom. The van der Waals surface area contributed by atoms with E-state index in [1.807, 2.05) is 18.8 Å². The summed E-state index contributed by atoms with van der Waals surface area (Å²) in [4.78, 5) is 7.03. The van der Waals surface area contributed by atoms with Gasteiger partial charge in [-0.05, 0) is 46.6 Å². The molecule has 3 heterocycles. The maximum Gasteiger partial charge on any atom is 0.191 e. The van der Waals surface area contributed by atoms with Crippen LogP contribution in [0.1, 0.15) is 49.1 Å². The van der Waals surface area contributed by atoms with E-state index in [1.165, 1.54) is 43.4 Å². The number of nitrogens with one attached hydrogen (secondary N) is 2. The van der Waals surface area contributed by atoms with Crippen molar-refractivity contribution in [1.82, 2.24) is 25.3 Å². The predicted molar refractivity (Wildman–Crippen MR) is 98.2 cm³/mol. The van der Waals surface area contributed by atoms with Gasteiger partial charge in [0.15, 0.2) is 5.96 Å². The van der Waals surface area contributed by atoms with Gasteiger partial charge in [0.2, 0.25) is 0 Å². The Kier molecular flexibility index (Phi) is 5.13. The fourth-order valence-electron chi connectivity index (χ4n) is 4.37. The molecule has 0 amide bonds. The zero-order valence-electron chi connectivity index (χ0n) is 15.8. The Morgan fingerprint density at radius 3 is 2.42 bits per heavy atom. The summed E-state index contributed by atoms with van der Waals surface area (Å²) in [6.07, 6.45) is 6.51. The summed E-state index contributed by atoms with van der Waals surface area (Å²) in [5.74, 6) is 0.908. The molecule has 1 aromatic heterocycles. The first-order chi connectivity index (χ1) is 11.5. The zero-order chi connectivity index (χ0) is 17.3. The molecule has 2 unspecified atom stereocenters. The highest BCUT2D eigenvalue weighted by Gasteiger charge is 2.36. The van der Waals surface area contributed by atoms with Crippen molar-refractivity contribution in [3.8, 4) is 0 Å². The summed E-state index contributed by atoms with van der Waals surface area (Å²) in [6.45, 7) is 4.95. The van der Waals surface area contributed by atoms with Crippen molar-refractivity contribution in [2.45, 2.75) is 70.6 Å². The second kappa shape index (κ2) is 7.13. The highest BCUT2D eigenvalue weighted by atomic mass is 15.3. The van der Waals surface area contributed by atoms with E-state index in [0.717, 1.165) is 30.3 Å². The normalized spacial score (nSPS) is 28.0. The molecule has 2 bridgehead atoms. The number of hydrogen-bond donors (Lipinski definition) is 2. The average molecular weight is 332 g/mol. The van der Waals surface area contributed by atoms with E-state index in [4.69, 9.17) is 0 Å². The van der Waals surface area contributed by atoms with Gasteiger partial charge < -0.3 is 15.5 Å². The fraction of sp³-hybridized carbons (Fsp3) is 0.778. The number of aryl methyl sites for hydroxylation is 2. The lowest BCUT2D eigenvalue weighted by atomic mass is 9.82. The van der Waals surface area contributed by atoms with Crippen LogP contribution in [0.25, 0.3) is 0 Å². The van der Waals surface area contributed by atoms with Gasteiger partial charge in [-0.25, -0.2) is 0 Å². The van der Waals surface area contributed by atoms with Crippen molar-refractivity contribution in [2.24, 2.45) is 12.0 Å². The van der Waals surface area contributed by atoms with Crippen LogP contribution < -0.4 is 10.6 Å². The highest BCUT2D eigenvalue weighted by molar-refractivity contribution is 5.80. The second-order valence-corrected chi connectivity index (χ2v) is 7.42. The number of aliphatic imine (C=N–C) groups is 1. The van der Waals surface area contributed by atoms with Crippen molar-refractivity contribution >= 4 is 5.96 Å². The van der Waals surface area contributed by atoms with E-state index < -0.39 is 0 Å². The smallest absolute Gasteiger partial charge is 0.191 e. The zero-order valence-corrected chi connectivity index (χ0v) is 15.8. The molecule has 0 saturated carbocycles. The summed E-state index contributed by atoms with van der Waals surface area (Å²) in [5.41, 5.74) is 3.57. The fourth-order valence-corrected chi connectivity index (χ4v) is 4.37. The third-order valence-corrected chi connectivity index (χ3v) is 6.00. The maximum atomic E-state index is 4.49. The molecule has 2 saturated heterocycles. The third kappa shape index (κ3) is 3.43. The number of piperidine rings is 2. The van der Waals surface area contributed by atoms with Gasteiger partial charge in [0.05, 0.1) is 5.69 Å². The summed E-state index contributed by atoms with van der Waals surface area (Å²) in [7, 11) is 6.15. The first-order valence-corrected chi connectivity index (χ1v) is 9.17. The molecular weight excluding hydrogens is 300 g/mol. The SMILES string of the molecule is CN=C(NCc1c(C)nn(C)c1C)NC1CC2CCCC(C1)N2C. The molecule has 2 fully saturated rings. The molecule has 0 spiro atoms. The average Bonchev–Trinajstić information content (AvgIpc) is 2.77. The number of fused-ring (bicyclic) bond motifs is 2. The summed E-state index contributed by atoms with van der Waals surface area (Å²) >= 11 is 0. The van der Waals surface area contributed by atoms with Crippen LogP contribution in [0.5, 0.6) is 0 Å². The number of nitrogens with zero attached hydrogens (tertiary/aromatic N) is 4. The summed E-state index contributed by atoms with van der Waals surface area (Å²) in [6, 6.07) is 1.99. The lowest BCUT2D eigenvalue weighted by Gasteiger charge is -2.47. The minimum atomic E-state index is 0.527. The molecule has 0 aromatic carbocycles. The van der Waals surface area contributed by atoms with Crippen molar-refractivity contribution in [2.75, 3.05) is 14.1 Å².